The van der Waals surface area contributed by atoms with E-state index in [4.69, 9.17) is 0 Å². The molecule has 0 aliphatic rings. The Labute approximate surface area is 111 Å². The Morgan fingerprint density at radius 1 is 1.21 bits per heavy atom. The zero-order valence-electron chi connectivity index (χ0n) is 10.6. The van der Waals surface area contributed by atoms with E-state index in [1.807, 2.05) is 0 Å². The number of alkyl halides is 3. The van der Waals surface area contributed by atoms with Gasteiger partial charge in [-0.05, 0) is 32.9 Å². The van der Waals surface area contributed by atoms with Crippen LogP contribution in [0.1, 0.15) is 31.9 Å². The van der Waals surface area contributed by atoms with Gasteiger partial charge in [0.05, 0.1) is 10.3 Å². The van der Waals surface area contributed by atoms with Gasteiger partial charge in [-0.15, -0.1) is 0 Å². The van der Waals surface area contributed by atoms with Crippen molar-refractivity contribution in [3.8, 4) is 0 Å². The molecule has 1 aromatic rings. The zero-order valence-corrected chi connectivity index (χ0v) is 11.4. The van der Waals surface area contributed by atoms with Crippen LogP contribution in [0, 0.1) is 5.82 Å². The van der Waals surface area contributed by atoms with Crippen molar-refractivity contribution in [2.75, 3.05) is 0 Å². The van der Waals surface area contributed by atoms with E-state index in [0.29, 0.717) is 6.21 Å². The fraction of sp³-hybridized carbons (Fsp3) is 0.417. The minimum atomic E-state index is -4.69. The summed E-state index contributed by atoms with van der Waals surface area (Å²) < 4.78 is 65.9. The van der Waals surface area contributed by atoms with Gasteiger partial charge >= 0.3 is 6.18 Å². The predicted molar refractivity (Wildman–Crippen MR) is 66.9 cm³/mol. The van der Waals surface area contributed by atoms with Gasteiger partial charge in [0.25, 0.3) is 0 Å². The maximum absolute atomic E-state index is 13.4. The summed E-state index contributed by atoms with van der Waals surface area (Å²) in [6.07, 6.45) is -4.01. The molecule has 0 saturated heterocycles. The van der Waals surface area contributed by atoms with Crippen LogP contribution in [0.15, 0.2) is 22.6 Å². The normalized spacial score (nSPS) is 14.9. The van der Waals surface area contributed by atoms with Crippen molar-refractivity contribution in [2.45, 2.75) is 31.7 Å². The lowest BCUT2D eigenvalue weighted by Gasteiger charge is -2.14. The second-order valence-electron chi connectivity index (χ2n) is 4.79. The van der Waals surface area contributed by atoms with Crippen molar-refractivity contribution in [1.82, 2.24) is 0 Å². The van der Waals surface area contributed by atoms with Gasteiger partial charge in [-0.1, -0.05) is 6.07 Å². The molecule has 106 valence electrons. The molecular weight excluding hydrogens is 282 g/mol. The van der Waals surface area contributed by atoms with E-state index in [-0.39, 0.29) is 0 Å². The third kappa shape index (κ3) is 4.12. The highest BCUT2D eigenvalue weighted by atomic mass is 32.2. The lowest BCUT2D eigenvalue weighted by molar-refractivity contribution is -0.137. The molecule has 0 heterocycles. The Hall–Kier alpha value is -1.24. The van der Waals surface area contributed by atoms with Crippen molar-refractivity contribution in [3.63, 3.8) is 0 Å². The van der Waals surface area contributed by atoms with E-state index < -0.39 is 38.9 Å². The Balaban J connectivity index is 3.22. The highest BCUT2D eigenvalue weighted by Gasteiger charge is 2.34. The molecule has 7 heteroatoms. The minimum absolute atomic E-state index is 0.680. The standard InChI is InChI=1S/C12H13F4NOS/c1-11(2,3)19(18)17-7-8-9(12(14,15)16)5-4-6-10(8)13/h4-7H,1-3H3/b17-7+/t19-/m1/s1. The molecule has 1 aromatic carbocycles. The largest absolute Gasteiger partial charge is 0.417 e. The first-order chi connectivity index (χ1) is 8.53. The van der Waals surface area contributed by atoms with Crippen LogP contribution in [0.3, 0.4) is 0 Å². The second kappa shape index (κ2) is 5.40. The van der Waals surface area contributed by atoms with Crippen LogP contribution in [0.2, 0.25) is 0 Å². The summed E-state index contributed by atoms with van der Waals surface area (Å²) in [6.45, 7) is 4.85. The average Bonchev–Trinajstić information content (AvgIpc) is 2.24. The summed E-state index contributed by atoms with van der Waals surface area (Å²) in [7, 11) is -1.75. The van der Waals surface area contributed by atoms with Crippen LogP contribution < -0.4 is 0 Å². The minimum Gasteiger partial charge on any atom is -0.234 e. The number of nitrogens with zero attached hydrogens (tertiary/aromatic N) is 1. The molecule has 1 atom stereocenters. The summed E-state index contributed by atoms with van der Waals surface area (Å²) in [5, 5.41) is 0. The van der Waals surface area contributed by atoms with Gasteiger partial charge in [0.15, 0.2) is 0 Å². The lowest BCUT2D eigenvalue weighted by atomic mass is 10.1. The van der Waals surface area contributed by atoms with Crippen LogP contribution in [-0.2, 0) is 17.2 Å². The fourth-order valence-corrected chi connectivity index (χ4v) is 1.69. The van der Waals surface area contributed by atoms with Gasteiger partial charge in [0.1, 0.15) is 16.8 Å². The monoisotopic (exact) mass is 295 g/mol. The Morgan fingerprint density at radius 3 is 2.26 bits per heavy atom. The number of hydrogen-bond acceptors (Lipinski definition) is 1. The molecular formula is C12H13F4NOS. The van der Waals surface area contributed by atoms with Crippen molar-refractivity contribution in [3.05, 3.63) is 35.1 Å². The predicted octanol–water partition coefficient (Wildman–Crippen LogP) is 3.73. The highest BCUT2D eigenvalue weighted by Crippen LogP contribution is 2.32. The van der Waals surface area contributed by atoms with Gasteiger partial charge in [0, 0.05) is 11.8 Å². The topological polar surface area (TPSA) is 29.4 Å². The average molecular weight is 295 g/mol. The molecule has 19 heavy (non-hydrogen) atoms. The molecule has 0 bridgehead atoms. The maximum atomic E-state index is 13.4. The van der Waals surface area contributed by atoms with Crippen LogP contribution in [0.4, 0.5) is 17.6 Å². The SMILES string of the molecule is CC(C)(C)[S@@](=O)/N=C/c1c(F)cccc1C(F)(F)F. The van der Waals surface area contributed by atoms with Gasteiger partial charge in [-0.3, -0.25) is 0 Å². The van der Waals surface area contributed by atoms with Crippen LogP contribution in [-0.4, -0.2) is 15.2 Å². The Kier molecular flexibility index (Phi) is 4.50. The number of rotatable bonds is 2. The van der Waals surface area contributed by atoms with E-state index in [0.717, 1.165) is 18.2 Å². The maximum Gasteiger partial charge on any atom is 0.417 e. The summed E-state index contributed by atoms with van der Waals surface area (Å²) in [5.41, 5.74) is -1.84. The van der Waals surface area contributed by atoms with Crippen molar-refractivity contribution >= 4 is 17.2 Å². The number of halogens is 4. The zero-order chi connectivity index (χ0) is 14.8. The molecule has 0 aliphatic carbocycles. The molecule has 0 radical (unpaired) electrons. The molecule has 0 N–H and O–H groups in total. The highest BCUT2D eigenvalue weighted by molar-refractivity contribution is 7.85. The first kappa shape index (κ1) is 15.8. The van der Waals surface area contributed by atoms with Crippen molar-refractivity contribution in [2.24, 2.45) is 4.40 Å². The van der Waals surface area contributed by atoms with Gasteiger partial charge < -0.3 is 0 Å². The van der Waals surface area contributed by atoms with Crippen LogP contribution >= 0.6 is 0 Å². The molecule has 1 rings (SSSR count). The smallest absolute Gasteiger partial charge is 0.234 e. The van der Waals surface area contributed by atoms with Gasteiger partial charge in [0.2, 0.25) is 0 Å². The van der Waals surface area contributed by atoms with Crippen molar-refractivity contribution < 1.29 is 21.8 Å². The molecule has 2 nitrogen and oxygen atoms in total. The second-order valence-corrected chi connectivity index (χ2v) is 6.73. The quantitative estimate of drug-likeness (QED) is 0.604. The summed E-state index contributed by atoms with van der Waals surface area (Å²) in [4.78, 5) is 0. The summed E-state index contributed by atoms with van der Waals surface area (Å²) in [5.74, 6) is -1.05. The number of benzene rings is 1. The first-order valence-corrected chi connectivity index (χ1v) is 6.46. The van der Waals surface area contributed by atoms with Crippen LogP contribution in [0.25, 0.3) is 0 Å². The summed E-state index contributed by atoms with van der Waals surface area (Å²) in [6, 6.07) is 2.62. The lowest BCUT2D eigenvalue weighted by Crippen LogP contribution is -2.20. The molecule has 0 fully saturated rings. The third-order valence-corrected chi connectivity index (χ3v) is 3.50. The molecule has 0 aromatic heterocycles. The molecule has 0 aliphatic heterocycles. The first-order valence-electron chi connectivity index (χ1n) is 5.35. The molecule has 0 spiro atoms. The Morgan fingerprint density at radius 2 is 1.79 bits per heavy atom. The van der Waals surface area contributed by atoms with Crippen molar-refractivity contribution in [1.29, 1.82) is 0 Å². The molecule has 0 amide bonds. The Bertz CT molecular complexity index is 517. The van der Waals surface area contributed by atoms with E-state index in [1.165, 1.54) is 0 Å². The fourth-order valence-electron chi connectivity index (χ4n) is 1.17. The van der Waals surface area contributed by atoms with E-state index in [9.17, 15) is 21.8 Å². The third-order valence-electron chi connectivity index (χ3n) is 2.16. The van der Waals surface area contributed by atoms with E-state index >= 15 is 0 Å². The van der Waals surface area contributed by atoms with Gasteiger partial charge in [-0.25, -0.2) is 8.60 Å². The van der Waals surface area contributed by atoms with Gasteiger partial charge in [-0.2, -0.15) is 17.6 Å². The van der Waals surface area contributed by atoms with E-state index in [2.05, 4.69) is 4.40 Å². The summed E-state index contributed by atoms with van der Waals surface area (Å²) >= 11 is 0. The molecule has 0 saturated carbocycles. The van der Waals surface area contributed by atoms with E-state index in [1.54, 1.807) is 20.8 Å². The van der Waals surface area contributed by atoms with Crippen LogP contribution in [0.5, 0.6) is 0 Å². The molecule has 0 unspecified atom stereocenters. The number of hydrogen-bond donors (Lipinski definition) is 0.